The Hall–Kier alpha value is -6.00. The van der Waals surface area contributed by atoms with Gasteiger partial charge in [-0.15, -0.1) is 0 Å². The molecule has 0 radical (unpaired) electrons. The molecule has 11 rings (SSSR count). The van der Waals surface area contributed by atoms with Crippen molar-refractivity contribution in [3.8, 4) is 11.1 Å². The minimum atomic E-state index is -0.0444. The highest BCUT2D eigenvalue weighted by atomic mass is 15.3. The van der Waals surface area contributed by atoms with Crippen LogP contribution >= 0.6 is 0 Å². The Morgan fingerprint density at radius 3 is 1.73 bits per heavy atom. The van der Waals surface area contributed by atoms with E-state index in [0.717, 1.165) is 0 Å². The summed E-state index contributed by atoms with van der Waals surface area (Å²) in [4.78, 5) is 7.99. The maximum atomic E-state index is 2.75. The van der Waals surface area contributed by atoms with Crippen LogP contribution in [0.1, 0.15) is 130 Å². The van der Waals surface area contributed by atoms with E-state index in [1.807, 2.05) is 0 Å². The van der Waals surface area contributed by atoms with Crippen LogP contribution in [-0.2, 0) is 21.7 Å². The number of anilines is 8. The van der Waals surface area contributed by atoms with E-state index in [1.165, 1.54) is 127 Å². The smallest absolute Gasteiger partial charge is 0.252 e. The van der Waals surface area contributed by atoms with Crippen molar-refractivity contribution in [2.45, 2.75) is 136 Å². The van der Waals surface area contributed by atoms with E-state index in [1.54, 1.807) is 0 Å². The van der Waals surface area contributed by atoms with Gasteiger partial charge in [0.05, 0.1) is 11.2 Å². The van der Waals surface area contributed by atoms with E-state index in [0.29, 0.717) is 0 Å². The van der Waals surface area contributed by atoms with Crippen molar-refractivity contribution >= 4 is 68.6 Å². The topological polar surface area (TPSA) is 9.72 Å². The molecule has 3 nitrogen and oxygen atoms in total. The van der Waals surface area contributed by atoms with Crippen LogP contribution in [0, 0.1) is 6.92 Å². The highest BCUT2D eigenvalue weighted by Gasteiger charge is 2.58. The monoisotopic (exact) mass is 878 g/mol. The maximum absolute atomic E-state index is 2.75. The van der Waals surface area contributed by atoms with Gasteiger partial charge in [0.1, 0.15) is 0 Å². The Bertz CT molecular complexity index is 3090. The van der Waals surface area contributed by atoms with Crippen molar-refractivity contribution in [1.29, 1.82) is 0 Å². The van der Waals surface area contributed by atoms with Crippen LogP contribution in [0.15, 0.2) is 146 Å². The molecular weight excluding hydrogens is 810 g/mol. The van der Waals surface area contributed by atoms with Crippen LogP contribution < -0.4 is 31.1 Å². The molecule has 67 heavy (non-hydrogen) atoms. The molecule has 3 heterocycles. The van der Waals surface area contributed by atoms with E-state index in [9.17, 15) is 0 Å². The largest absolute Gasteiger partial charge is 0.334 e. The van der Waals surface area contributed by atoms with Gasteiger partial charge in [-0.2, -0.15) is 0 Å². The number of para-hydroxylation sites is 1. The predicted octanol–water partition coefficient (Wildman–Crippen LogP) is 15.4. The molecule has 0 amide bonds. The third-order valence-electron chi connectivity index (χ3n) is 16.5. The summed E-state index contributed by atoms with van der Waals surface area (Å²) in [5.41, 5.74) is 23.4. The number of fused-ring (bicyclic) bond motifs is 7. The molecule has 7 aromatic carbocycles. The summed E-state index contributed by atoms with van der Waals surface area (Å²) in [7, 11) is 0. The van der Waals surface area contributed by atoms with Crippen LogP contribution in [0.2, 0.25) is 0 Å². The summed E-state index contributed by atoms with van der Waals surface area (Å²) in [6.45, 7) is 28.4. The van der Waals surface area contributed by atoms with Crippen molar-refractivity contribution in [1.82, 2.24) is 0 Å². The van der Waals surface area contributed by atoms with E-state index in [2.05, 4.69) is 243 Å². The molecule has 1 fully saturated rings. The fraction of sp³-hybridized carbons (Fsp3) is 0.333. The Morgan fingerprint density at radius 2 is 1.04 bits per heavy atom. The van der Waals surface area contributed by atoms with E-state index in [-0.39, 0.29) is 33.9 Å². The van der Waals surface area contributed by atoms with Gasteiger partial charge in [-0.3, -0.25) is 0 Å². The van der Waals surface area contributed by atoms with Gasteiger partial charge in [-0.1, -0.05) is 167 Å². The van der Waals surface area contributed by atoms with Crippen LogP contribution in [-0.4, -0.2) is 12.3 Å². The Labute approximate surface area is 402 Å². The fourth-order valence-electron chi connectivity index (χ4n) is 12.5. The molecule has 4 heteroatoms. The highest BCUT2D eigenvalue weighted by molar-refractivity contribution is 7.00. The molecule has 0 aromatic heterocycles. The van der Waals surface area contributed by atoms with Crippen molar-refractivity contribution in [3.05, 3.63) is 173 Å². The molecule has 1 aliphatic carbocycles. The second-order valence-corrected chi connectivity index (χ2v) is 23.9. The lowest BCUT2D eigenvalue weighted by atomic mass is 9.33. The van der Waals surface area contributed by atoms with E-state index in [4.69, 9.17) is 0 Å². The zero-order valence-corrected chi connectivity index (χ0v) is 42.1. The van der Waals surface area contributed by atoms with Crippen molar-refractivity contribution in [3.63, 3.8) is 0 Å². The van der Waals surface area contributed by atoms with Gasteiger partial charge in [-0.25, -0.2) is 0 Å². The van der Waals surface area contributed by atoms with E-state index < -0.39 is 0 Å². The highest BCUT2D eigenvalue weighted by Crippen LogP contribution is 2.61. The number of benzene rings is 7. The summed E-state index contributed by atoms with van der Waals surface area (Å²) < 4.78 is 0. The second kappa shape index (κ2) is 15.0. The first-order valence-corrected chi connectivity index (χ1v) is 25.0. The van der Waals surface area contributed by atoms with Gasteiger partial charge < -0.3 is 14.7 Å². The SMILES string of the molecule is Cc1cc2c3c(c1)N(c1ccc(C(C)(C)C)cc1-c1ccccc1)c1ccc(C(C)(C)C)cc1B3c1ccc(N3c4ccccc4C4(C)CCCCC34C)cc1N2c1ccc(C(C)(C)C)cc1. The van der Waals surface area contributed by atoms with Gasteiger partial charge in [-0.05, 0) is 153 Å². The minimum absolute atomic E-state index is 0.00709. The fourth-order valence-corrected chi connectivity index (χ4v) is 12.5. The summed E-state index contributed by atoms with van der Waals surface area (Å²) in [6, 6.07) is 56.9. The number of hydrogen-bond donors (Lipinski definition) is 0. The summed E-state index contributed by atoms with van der Waals surface area (Å²) in [6.07, 6.45) is 4.90. The van der Waals surface area contributed by atoms with Gasteiger partial charge in [0, 0.05) is 50.8 Å². The molecule has 0 spiro atoms. The molecule has 2 atom stereocenters. The first kappa shape index (κ1) is 43.6. The summed E-state index contributed by atoms with van der Waals surface area (Å²) >= 11 is 0. The molecule has 2 unspecified atom stereocenters. The maximum Gasteiger partial charge on any atom is 0.252 e. The van der Waals surface area contributed by atoms with Crippen LogP contribution in [0.4, 0.5) is 45.5 Å². The third-order valence-corrected chi connectivity index (χ3v) is 16.5. The van der Waals surface area contributed by atoms with Crippen LogP contribution in [0.25, 0.3) is 11.1 Å². The third kappa shape index (κ3) is 6.67. The number of hydrogen-bond acceptors (Lipinski definition) is 3. The Balaban J connectivity index is 1.21. The first-order valence-electron chi connectivity index (χ1n) is 25.0. The molecule has 4 aliphatic rings. The molecule has 7 aromatic rings. The summed E-state index contributed by atoms with van der Waals surface area (Å²) in [5, 5.41) is 0. The average Bonchev–Trinajstić information content (AvgIpc) is 3.50. The number of rotatable bonds is 4. The molecule has 0 saturated heterocycles. The van der Waals surface area contributed by atoms with Gasteiger partial charge >= 0.3 is 0 Å². The molecule has 1 saturated carbocycles. The normalized spacial score (nSPS) is 19.7. The Kier molecular flexibility index (Phi) is 9.76. The zero-order chi connectivity index (χ0) is 47.0. The molecule has 338 valence electrons. The first-order chi connectivity index (χ1) is 31.8. The standard InChI is InChI=1S/C63H68BN3/c1-41-36-56-58-57(37-41)66(52-32-26-44(60(5,6)7)38-48(52)42-20-14-13-15-21-42)54-33-27-45(61(8,9)10)39-51(54)64(58)50-31-30-47(40-55(50)65(56)46-28-24-43(25-29-46)59(2,3)4)67-53-23-17-16-22-49(53)62(11)34-18-19-35-63(62,67)12/h13-17,20-33,36-40H,18-19,34-35H2,1-12H3. The lowest BCUT2D eigenvalue weighted by Crippen LogP contribution is -2.61. The van der Waals surface area contributed by atoms with Gasteiger partial charge in [0.2, 0.25) is 0 Å². The molecule has 3 aliphatic heterocycles. The second-order valence-electron chi connectivity index (χ2n) is 23.9. The zero-order valence-electron chi connectivity index (χ0n) is 42.1. The number of nitrogens with zero attached hydrogens (tertiary/aromatic N) is 3. The Morgan fingerprint density at radius 1 is 0.463 bits per heavy atom. The summed E-state index contributed by atoms with van der Waals surface area (Å²) in [5.74, 6) is 0. The quantitative estimate of drug-likeness (QED) is 0.163. The molecule has 0 bridgehead atoms. The lowest BCUT2D eigenvalue weighted by molar-refractivity contribution is 0.195. The predicted molar refractivity (Wildman–Crippen MR) is 290 cm³/mol. The lowest BCUT2D eigenvalue weighted by Gasteiger charge is -2.50. The van der Waals surface area contributed by atoms with Crippen LogP contribution in [0.3, 0.4) is 0 Å². The van der Waals surface area contributed by atoms with Gasteiger partial charge in [0.25, 0.3) is 6.71 Å². The molecule has 0 N–H and O–H groups in total. The van der Waals surface area contributed by atoms with Crippen molar-refractivity contribution in [2.75, 3.05) is 14.7 Å². The minimum Gasteiger partial charge on any atom is -0.334 e. The number of aryl methyl sites for hydroxylation is 1. The average molecular weight is 878 g/mol. The van der Waals surface area contributed by atoms with Crippen molar-refractivity contribution < 1.29 is 0 Å². The van der Waals surface area contributed by atoms with E-state index >= 15 is 0 Å². The van der Waals surface area contributed by atoms with Crippen LogP contribution in [0.5, 0.6) is 0 Å². The van der Waals surface area contributed by atoms with Crippen molar-refractivity contribution in [2.24, 2.45) is 0 Å². The van der Waals surface area contributed by atoms with Gasteiger partial charge in [0.15, 0.2) is 0 Å². The molecular formula is C63H68BN3.